The van der Waals surface area contributed by atoms with Crippen LogP contribution in [0.5, 0.6) is 0 Å². The third-order valence-corrected chi connectivity index (χ3v) is 5.29. The second-order valence-electron chi connectivity index (χ2n) is 6.26. The summed E-state index contributed by atoms with van der Waals surface area (Å²) >= 11 is 0. The van der Waals surface area contributed by atoms with E-state index in [0.717, 1.165) is 6.42 Å². The number of nitrogens with one attached hydrogen (secondary N) is 1. The van der Waals surface area contributed by atoms with Crippen molar-refractivity contribution in [2.24, 2.45) is 5.92 Å². The maximum atomic E-state index is 11.3. The highest BCUT2D eigenvalue weighted by atomic mass is 32.2. The van der Waals surface area contributed by atoms with Gasteiger partial charge in [-0.25, -0.2) is 8.42 Å². The summed E-state index contributed by atoms with van der Waals surface area (Å²) < 4.78 is 28.2. The van der Waals surface area contributed by atoms with Gasteiger partial charge in [-0.3, -0.25) is 0 Å². The normalized spacial score (nSPS) is 22.9. The Labute approximate surface area is 123 Å². The van der Waals surface area contributed by atoms with Crippen LogP contribution in [-0.2, 0) is 14.6 Å². The van der Waals surface area contributed by atoms with E-state index in [1.807, 2.05) is 6.92 Å². The summed E-state index contributed by atoms with van der Waals surface area (Å²) in [6.07, 6.45) is 1.88. The van der Waals surface area contributed by atoms with E-state index < -0.39 is 15.9 Å². The highest BCUT2D eigenvalue weighted by molar-refractivity contribution is 7.91. The minimum absolute atomic E-state index is 0.157. The molecule has 0 bridgehead atoms. The predicted octanol–water partition coefficient (Wildman–Crippen LogP) is 0.965. The van der Waals surface area contributed by atoms with E-state index in [1.165, 1.54) is 0 Å². The lowest BCUT2D eigenvalue weighted by Gasteiger charge is -2.25. The number of hydrogen-bond acceptors (Lipinski definition) is 5. The number of aliphatic hydroxyl groups excluding tert-OH is 1. The van der Waals surface area contributed by atoms with E-state index in [4.69, 9.17) is 4.74 Å². The maximum Gasteiger partial charge on any atom is 0.150 e. The molecule has 1 aliphatic heterocycles. The summed E-state index contributed by atoms with van der Waals surface area (Å²) in [5.74, 6) is 1.09. The van der Waals surface area contributed by atoms with Gasteiger partial charge >= 0.3 is 0 Å². The molecule has 1 fully saturated rings. The fourth-order valence-electron chi connectivity index (χ4n) is 2.46. The molecule has 20 heavy (non-hydrogen) atoms. The molecular weight excluding hydrogens is 278 g/mol. The van der Waals surface area contributed by atoms with Crippen molar-refractivity contribution in [2.75, 3.05) is 24.7 Å². The molecule has 2 atom stereocenters. The van der Waals surface area contributed by atoms with Crippen LogP contribution in [0.15, 0.2) is 0 Å². The van der Waals surface area contributed by atoms with Gasteiger partial charge in [0.25, 0.3) is 0 Å². The molecule has 0 aromatic carbocycles. The third-order valence-electron chi connectivity index (χ3n) is 3.57. The second kappa shape index (κ2) is 8.32. The molecule has 2 unspecified atom stereocenters. The van der Waals surface area contributed by atoms with Crippen LogP contribution in [0.3, 0.4) is 0 Å². The van der Waals surface area contributed by atoms with Gasteiger partial charge in [0.1, 0.15) is 9.84 Å². The van der Waals surface area contributed by atoms with Gasteiger partial charge in [-0.15, -0.1) is 0 Å². The first-order valence-electron chi connectivity index (χ1n) is 7.52. The van der Waals surface area contributed by atoms with Crippen LogP contribution in [0.1, 0.15) is 40.0 Å². The molecule has 120 valence electrons. The standard InChI is InChI=1S/C14H29NO4S/c1-11(2)8-12(3)19-10-14(16)9-15-13-4-6-20(17,18)7-5-13/h11-16H,4-10H2,1-3H3. The summed E-state index contributed by atoms with van der Waals surface area (Å²) in [7, 11) is -2.81. The molecular formula is C14H29NO4S. The fourth-order valence-corrected chi connectivity index (χ4v) is 3.95. The second-order valence-corrected chi connectivity index (χ2v) is 8.57. The van der Waals surface area contributed by atoms with Crippen molar-refractivity contribution in [2.45, 2.75) is 58.3 Å². The minimum Gasteiger partial charge on any atom is -0.389 e. The molecule has 0 aromatic rings. The van der Waals surface area contributed by atoms with E-state index in [1.54, 1.807) is 0 Å². The topological polar surface area (TPSA) is 75.6 Å². The van der Waals surface area contributed by atoms with Gasteiger partial charge in [0, 0.05) is 12.6 Å². The molecule has 0 aromatic heterocycles. The van der Waals surface area contributed by atoms with Crippen molar-refractivity contribution in [1.82, 2.24) is 5.32 Å². The van der Waals surface area contributed by atoms with Crippen molar-refractivity contribution in [3.8, 4) is 0 Å². The van der Waals surface area contributed by atoms with Gasteiger partial charge < -0.3 is 15.2 Å². The van der Waals surface area contributed by atoms with Gasteiger partial charge in [0.2, 0.25) is 0 Å². The van der Waals surface area contributed by atoms with Crippen LogP contribution in [0.2, 0.25) is 0 Å². The van der Waals surface area contributed by atoms with Gasteiger partial charge in [-0.1, -0.05) is 13.8 Å². The first kappa shape index (κ1) is 17.9. The van der Waals surface area contributed by atoms with E-state index >= 15 is 0 Å². The minimum atomic E-state index is -2.81. The van der Waals surface area contributed by atoms with Crippen LogP contribution in [0.4, 0.5) is 0 Å². The third kappa shape index (κ3) is 7.57. The molecule has 0 spiro atoms. The lowest BCUT2D eigenvalue weighted by molar-refractivity contribution is -0.00934. The Bertz CT molecular complexity index is 355. The summed E-state index contributed by atoms with van der Waals surface area (Å²) in [6, 6.07) is 0.196. The highest BCUT2D eigenvalue weighted by Crippen LogP contribution is 2.12. The lowest BCUT2D eigenvalue weighted by Crippen LogP contribution is -2.42. The van der Waals surface area contributed by atoms with E-state index in [2.05, 4.69) is 19.2 Å². The number of ether oxygens (including phenoxy) is 1. The highest BCUT2D eigenvalue weighted by Gasteiger charge is 2.23. The van der Waals surface area contributed by atoms with Crippen molar-refractivity contribution in [1.29, 1.82) is 0 Å². The average Bonchev–Trinajstić information content (AvgIpc) is 2.34. The van der Waals surface area contributed by atoms with Gasteiger partial charge in [-0.2, -0.15) is 0 Å². The van der Waals surface area contributed by atoms with E-state index in [0.29, 0.717) is 31.9 Å². The van der Waals surface area contributed by atoms with Gasteiger partial charge in [-0.05, 0) is 32.1 Å². The quantitative estimate of drug-likeness (QED) is 0.699. The monoisotopic (exact) mass is 307 g/mol. The SMILES string of the molecule is CC(C)CC(C)OCC(O)CNC1CCS(=O)(=O)CC1. The van der Waals surface area contributed by atoms with Crippen molar-refractivity contribution in [3.63, 3.8) is 0 Å². The molecule has 0 amide bonds. The molecule has 1 saturated heterocycles. The molecule has 1 heterocycles. The van der Waals surface area contributed by atoms with Crippen LogP contribution in [-0.4, -0.2) is 56.4 Å². The molecule has 6 heteroatoms. The Kier molecular flexibility index (Phi) is 7.43. The molecule has 1 rings (SSSR count). The molecule has 1 aliphatic rings. The van der Waals surface area contributed by atoms with Crippen molar-refractivity contribution >= 4 is 9.84 Å². The van der Waals surface area contributed by atoms with E-state index in [-0.39, 0.29) is 23.7 Å². The molecule has 0 aliphatic carbocycles. The van der Waals surface area contributed by atoms with Gasteiger partial charge in [0.15, 0.2) is 0 Å². The summed E-state index contributed by atoms with van der Waals surface area (Å²) in [5.41, 5.74) is 0. The zero-order chi connectivity index (χ0) is 15.2. The molecule has 0 saturated carbocycles. The number of hydrogen-bond donors (Lipinski definition) is 2. The van der Waals surface area contributed by atoms with E-state index in [9.17, 15) is 13.5 Å². The van der Waals surface area contributed by atoms with Crippen molar-refractivity contribution < 1.29 is 18.3 Å². The Hall–Kier alpha value is -0.170. The predicted molar refractivity (Wildman–Crippen MR) is 80.6 cm³/mol. The molecule has 2 N–H and O–H groups in total. The Balaban J connectivity index is 2.13. The Morgan fingerprint density at radius 3 is 2.40 bits per heavy atom. The number of sulfone groups is 1. The fraction of sp³-hybridized carbons (Fsp3) is 1.00. The molecule has 0 radical (unpaired) electrons. The largest absolute Gasteiger partial charge is 0.389 e. The number of rotatable bonds is 8. The van der Waals surface area contributed by atoms with Crippen LogP contribution in [0, 0.1) is 5.92 Å². The zero-order valence-electron chi connectivity index (χ0n) is 12.8. The zero-order valence-corrected chi connectivity index (χ0v) is 13.7. The first-order valence-corrected chi connectivity index (χ1v) is 9.34. The lowest BCUT2D eigenvalue weighted by atomic mass is 10.1. The van der Waals surface area contributed by atoms with Crippen LogP contribution >= 0.6 is 0 Å². The summed E-state index contributed by atoms with van der Waals surface area (Å²) in [6.45, 7) is 7.10. The molecule has 5 nitrogen and oxygen atoms in total. The first-order chi connectivity index (χ1) is 9.28. The van der Waals surface area contributed by atoms with Gasteiger partial charge in [0.05, 0.1) is 30.3 Å². The Morgan fingerprint density at radius 1 is 1.25 bits per heavy atom. The summed E-state index contributed by atoms with van der Waals surface area (Å²) in [5, 5.41) is 13.1. The van der Waals surface area contributed by atoms with Crippen LogP contribution in [0.25, 0.3) is 0 Å². The van der Waals surface area contributed by atoms with Crippen LogP contribution < -0.4 is 5.32 Å². The summed E-state index contributed by atoms with van der Waals surface area (Å²) in [4.78, 5) is 0. The van der Waals surface area contributed by atoms with Crippen molar-refractivity contribution in [3.05, 3.63) is 0 Å². The maximum absolute atomic E-state index is 11.3. The average molecular weight is 307 g/mol. The number of aliphatic hydroxyl groups is 1. The Morgan fingerprint density at radius 2 is 1.85 bits per heavy atom. The smallest absolute Gasteiger partial charge is 0.150 e.